The summed E-state index contributed by atoms with van der Waals surface area (Å²) in [5.74, 6) is 1.97. The standard InChI is InChI=1S/C49H32N4S2/c1-49(2)39-24-25-41-45(54-28-50-41)42(39)38-23-22-32(27-40(38)49)35-19-11-21-37-36-20-10-18-34(43(36)55-44(35)37)31-16-9-17-33(26-31)48-52-46(29-12-5-3-6-13-29)51-47(53-48)30-14-7-4-8-15-30/h3-28H,1-2H3. The van der Waals surface area contributed by atoms with E-state index in [0.717, 1.165) is 27.8 Å². The molecule has 260 valence electrons. The third-order valence-electron chi connectivity index (χ3n) is 11.1. The van der Waals surface area contributed by atoms with E-state index in [9.17, 15) is 0 Å². The molecule has 0 saturated carbocycles. The lowest BCUT2D eigenvalue weighted by Gasteiger charge is -2.22. The molecule has 0 fully saturated rings. The second-order valence-electron chi connectivity index (χ2n) is 14.7. The van der Waals surface area contributed by atoms with E-state index in [1.807, 2.05) is 77.5 Å². The van der Waals surface area contributed by atoms with Crippen molar-refractivity contribution in [2.24, 2.45) is 0 Å². The normalized spacial score (nSPS) is 13.1. The topological polar surface area (TPSA) is 51.6 Å². The maximum Gasteiger partial charge on any atom is 0.164 e. The maximum absolute atomic E-state index is 5.01. The van der Waals surface area contributed by atoms with E-state index in [4.69, 9.17) is 15.0 Å². The number of fused-ring (bicyclic) bond motifs is 8. The molecule has 10 aromatic rings. The Labute approximate surface area is 326 Å². The Kier molecular flexibility index (Phi) is 7.21. The quantitative estimate of drug-likeness (QED) is 0.176. The van der Waals surface area contributed by atoms with Gasteiger partial charge in [0.15, 0.2) is 17.5 Å². The summed E-state index contributed by atoms with van der Waals surface area (Å²) in [6.07, 6.45) is 0. The zero-order valence-corrected chi connectivity index (χ0v) is 31.7. The number of rotatable bonds is 5. The lowest BCUT2D eigenvalue weighted by Crippen LogP contribution is -2.14. The summed E-state index contributed by atoms with van der Waals surface area (Å²) in [6, 6.07) is 53.9. The summed E-state index contributed by atoms with van der Waals surface area (Å²) in [5.41, 5.74) is 16.1. The molecule has 7 aromatic carbocycles. The Hall–Kier alpha value is -6.34. The molecule has 0 aliphatic heterocycles. The molecule has 0 amide bonds. The van der Waals surface area contributed by atoms with Gasteiger partial charge in [-0.05, 0) is 57.1 Å². The highest BCUT2D eigenvalue weighted by molar-refractivity contribution is 7.26. The number of aromatic nitrogens is 4. The van der Waals surface area contributed by atoms with Crippen molar-refractivity contribution in [2.75, 3.05) is 0 Å². The first-order valence-corrected chi connectivity index (χ1v) is 20.1. The number of hydrogen-bond donors (Lipinski definition) is 0. The molecule has 11 rings (SSSR count). The van der Waals surface area contributed by atoms with Crippen LogP contribution in [0.3, 0.4) is 0 Å². The van der Waals surface area contributed by atoms with Gasteiger partial charge in [-0.3, -0.25) is 0 Å². The molecule has 1 aliphatic carbocycles. The average molecular weight is 741 g/mol. The van der Waals surface area contributed by atoms with Crippen molar-refractivity contribution in [3.05, 3.63) is 168 Å². The van der Waals surface area contributed by atoms with E-state index in [-0.39, 0.29) is 5.41 Å². The first kappa shape index (κ1) is 32.1. The van der Waals surface area contributed by atoms with Crippen LogP contribution in [0, 0.1) is 0 Å². The highest BCUT2D eigenvalue weighted by atomic mass is 32.1. The summed E-state index contributed by atoms with van der Waals surface area (Å²) >= 11 is 3.62. The number of thiophene rings is 1. The molecule has 3 heterocycles. The monoisotopic (exact) mass is 740 g/mol. The third kappa shape index (κ3) is 5.09. The van der Waals surface area contributed by atoms with Crippen LogP contribution < -0.4 is 0 Å². The summed E-state index contributed by atoms with van der Waals surface area (Å²) in [6.45, 7) is 4.72. The predicted molar refractivity (Wildman–Crippen MR) is 231 cm³/mol. The molecule has 0 spiro atoms. The van der Waals surface area contributed by atoms with Crippen LogP contribution in [0.2, 0.25) is 0 Å². The minimum atomic E-state index is -0.104. The van der Waals surface area contributed by atoms with Crippen molar-refractivity contribution in [1.29, 1.82) is 0 Å². The molecule has 0 atom stereocenters. The molecule has 0 radical (unpaired) electrons. The van der Waals surface area contributed by atoms with Crippen LogP contribution in [-0.4, -0.2) is 19.9 Å². The summed E-state index contributed by atoms with van der Waals surface area (Å²) in [4.78, 5) is 19.6. The zero-order valence-electron chi connectivity index (χ0n) is 30.1. The van der Waals surface area contributed by atoms with Crippen LogP contribution in [0.4, 0.5) is 0 Å². The van der Waals surface area contributed by atoms with Gasteiger partial charge in [-0.1, -0.05) is 147 Å². The minimum Gasteiger partial charge on any atom is -0.245 e. The van der Waals surface area contributed by atoms with Gasteiger partial charge >= 0.3 is 0 Å². The van der Waals surface area contributed by atoms with E-state index >= 15 is 0 Å². The lowest BCUT2D eigenvalue weighted by atomic mass is 9.81. The molecule has 0 unspecified atom stereocenters. The fraction of sp³-hybridized carbons (Fsp3) is 0.0612. The lowest BCUT2D eigenvalue weighted by molar-refractivity contribution is 0.661. The molecular formula is C49H32N4S2. The fourth-order valence-corrected chi connectivity index (χ4v) is 10.6. The smallest absolute Gasteiger partial charge is 0.164 e. The van der Waals surface area contributed by atoms with Crippen molar-refractivity contribution in [1.82, 2.24) is 19.9 Å². The van der Waals surface area contributed by atoms with Crippen molar-refractivity contribution in [2.45, 2.75) is 19.3 Å². The third-order valence-corrected chi connectivity index (χ3v) is 13.2. The van der Waals surface area contributed by atoms with Crippen LogP contribution >= 0.6 is 22.7 Å². The maximum atomic E-state index is 5.01. The van der Waals surface area contributed by atoms with E-state index in [1.54, 1.807) is 11.3 Å². The summed E-state index contributed by atoms with van der Waals surface area (Å²) in [7, 11) is 0. The molecule has 0 saturated heterocycles. The molecule has 4 nitrogen and oxygen atoms in total. The summed E-state index contributed by atoms with van der Waals surface area (Å²) < 4.78 is 3.86. The SMILES string of the molecule is CC1(C)c2cc(-c3cccc4c3sc3c(-c5cccc(-c6nc(-c7ccccc7)nc(-c7ccccc7)n6)c5)cccc34)ccc2-c2c1ccc1ncsc21. The van der Waals surface area contributed by atoms with E-state index < -0.39 is 0 Å². The van der Waals surface area contributed by atoms with Crippen LogP contribution in [-0.2, 0) is 5.41 Å². The van der Waals surface area contributed by atoms with Gasteiger partial charge in [-0.15, -0.1) is 22.7 Å². The minimum absolute atomic E-state index is 0.104. The Bertz CT molecular complexity index is 3070. The predicted octanol–water partition coefficient (Wildman–Crippen LogP) is 13.5. The zero-order chi connectivity index (χ0) is 36.7. The van der Waals surface area contributed by atoms with E-state index in [0.29, 0.717) is 17.5 Å². The van der Waals surface area contributed by atoms with Crippen LogP contribution in [0.15, 0.2) is 157 Å². The van der Waals surface area contributed by atoms with E-state index in [2.05, 4.69) is 110 Å². The first-order valence-electron chi connectivity index (χ1n) is 18.5. The highest BCUT2D eigenvalue weighted by Gasteiger charge is 2.37. The molecular weight excluding hydrogens is 709 g/mol. The number of benzene rings is 7. The van der Waals surface area contributed by atoms with Crippen LogP contribution in [0.5, 0.6) is 0 Å². The number of thiazole rings is 1. The molecule has 55 heavy (non-hydrogen) atoms. The Morgan fingerprint density at radius 2 is 1.00 bits per heavy atom. The Balaban J connectivity index is 1.03. The van der Waals surface area contributed by atoms with Crippen molar-refractivity contribution in [3.8, 4) is 67.5 Å². The summed E-state index contributed by atoms with van der Waals surface area (Å²) in [5, 5.41) is 2.55. The molecule has 6 heteroatoms. The van der Waals surface area contributed by atoms with Crippen molar-refractivity contribution in [3.63, 3.8) is 0 Å². The second kappa shape index (κ2) is 12.4. The molecule has 0 bridgehead atoms. The van der Waals surface area contributed by atoms with Crippen LogP contribution in [0.1, 0.15) is 25.0 Å². The van der Waals surface area contributed by atoms with Gasteiger partial charge in [0.2, 0.25) is 0 Å². The largest absolute Gasteiger partial charge is 0.245 e. The number of hydrogen-bond acceptors (Lipinski definition) is 6. The van der Waals surface area contributed by atoms with Gasteiger partial charge in [-0.2, -0.15) is 0 Å². The number of nitrogens with zero attached hydrogens (tertiary/aromatic N) is 4. The Morgan fingerprint density at radius 1 is 0.436 bits per heavy atom. The van der Waals surface area contributed by atoms with Crippen LogP contribution in [0.25, 0.3) is 97.9 Å². The van der Waals surface area contributed by atoms with Crippen molar-refractivity contribution >= 4 is 53.1 Å². The van der Waals surface area contributed by atoms with Gasteiger partial charge in [-0.25, -0.2) is 19.9 Å². The van der Waals surface area contributed by atoms with Gasteiger partial charge in [0.05, 0.1) is 15.7 Å². The second-order valence-corrected chi connectivity index (χ2v) is 16.5. The van der Waals surface area contributed by atoms with Gasteiger partial charge in [0.1, 0.15) is 0 Å². The highest BCUT2D eigenvalue weighted by Crippen LogP contribution is 2.53. The van der Waals surface area contributed by atoms with Gasteiger partial charge in [0, 0.05) is 47.8 Å². The van der Waals surface area contributed by atoms with Gasteiger partial charge < -0.3 is 0 Å². The first-order chi connectivity index (χ1) is 27.0. The molecule has 3 aromatic heterocycles. The molecule has 0 N–H and O–H groups in total. The molecule has 1 aliphatic rings. The van der Waals surface area contributed by atoms with E-state index in [1.165, 1.54) is 63.8 Å². The van der Waals surface area contributed by atoms with Gasteiger partial charge in [0.25, 0.3) is 0 Å². The average Bonchev–Trinajstić information content (AvgIpc) is 3.94. The fourth-order valence-electron chi connectivity index (χ4n) is 8.35. The Morgan fingerprint density at radius 3 is 1.65 bits per heavy atom. The van der Waals surface area contributed by atoms with Crippen molar-refractivity contribution < 1.29 is 0 Å².